The van der Waals surface area contributed by atoms with Crippen LogP contribution in [0.4, 0.5) is 5.82 Å². The van der Waals surface area contributed by atoms with Crippen molar-refractivity contribution in [3.63, 3.8) is 0 Å². The highest BCUT2D eigenvalue weighted by Crippen LogP contribution is 2.33. The smallest absolute Gasteiger partial charge is 0.160 e. The summed E-state index contributed by atoms with van der Waals surface area (Å²) in [6.45, 7) is 8.37. The lowest BCUT2D eigenvalue weighted by atomic mass is 10.0. The summed E-state index contributed by atoms with van der Waals surface area (Å²) >= 11 is 1.65. The Morgan fingerprint density at radius 1 is 1.12 bits per heavy atom. The number of aromatic nitrogens is 5. The standard InChI is InChI=1S/C18H20N6S/c1-10(2)15(17-23-22-13-7-5-6-8-24(13)17)21-16-14-11(3)9-25-18(14)20-12(4)19-16/h5-10,15H,1-4H3,(H,19,20,21)/t15-/m0/s1. The highest BCUT2D eigenvalue weighted by Gasteiger charge is 2.23. The van der Waals surface area contributed by atoms with Crippen molar-refractivity contribution in [1.29, 1.82) is 0 Å². The van der Waals surface area contributed by atoms with E-state index in [0.717, 1.165) is 33.3 Å². The largest absolute Gasteiger partial charge is 0.359 e. The maximum atomic E-state index is 4.67. The van der Waals surface area contributed by atoms with E-state index in [0.29, 0.717) is 5.92 Å². The van der Waals surface area contributed by atoms with E-state index in [1.807, 2.05) is 35.7 Å². The van der Waals surface area contributed by atoms with Gasteiger partial charge < -0.3 is 5.32 Å². The van der Waals surface area contributed by atoms with Crippen molar-refractivity contribution in [2.45, 2.75) is 33.7 Å². The first kappa shape index (κ1) is 16.0. The molecule has 0 aliphatic carbocycles. The van der Waals surface area contributed by atoms with Crippen LogP contribution in [0.3, 0.4) is 0 Å². The van der Waals surface area contributed by atoms with Gasteiger partial charge in [0.2, 0.25) is 0 Å². The molecular weight excluding hydrogens is 332 g/mol. The molecule has 1 N–H and O–H groups in total. The summed E-state index contributed by atoms with van der Waals surface area (Å²) in [6.07, 6.45) is 2.00. The van der Waals surface area contributed by atoms with Gasteiger partial charge in [-0.25, -0.2) is 9.97 Å². The molecule has 0 unspecified atom stereocenters. The Bertz CT molecular complexity index is 1050. The van der Waals surface area contributed by atoms with E-state index < -0.39 is 0 Å². The Balaban J connectivity index is 1.83. The average molecular weight is 352 g/mol. The lowest BCUT2D eigenvalue weighted by molar-refractivity contribution is 0.516. The molecule has 0 radical (unpaired) electrons. The SMILES string of the molecule is Cc1nc(N[C@H](c2nnc3ccccn23)C(C)C)c2c(C)csc2n1. The van der Waals surface area contributed by atoms with Crippen molar-refractivity contribution in [2.75, 3.05) is 5.32 Å². The van der Waals surface area contributed by atoms with Gasteiger partial charge in [-0.05, 0) is 42.8 Å². The number of aryl methyl sites for hydroxylation is 2. The normalized spacial score (nSPS) is 13.0. The number of anilines is 1. The third-order valence-corrected chi connectivity index (χ3v) is 5.30. The number of pyridine rings is 1. The van der Waals surface area contributed by atoms with Crippen LogP contribution in [-0.2, 0) is 0 Å². The van der Waals surface area contributed by atoms with Crippen LogP contribution in [0.2, 0.25) is 0 Å². The van der Waals surface area contributed by atoms with Crippen LogP contribution in [0.1, 0.15) is 37.1 Å². The van der Waals surface area contributed by atoms with Gasteiger partial charge in [-0.15, -0.1) is 21.5 Å². The molecule has 0 saturated carbocycles. The summed E-state index contributed by atoms with van der Waals surface area (Å²) in [4.78, 5) is 10.2. The van der Waals surface area contributed by atoms with Gasteiger partial charge in [0.05, 0.1) is 11.4 Å². The number of hydrogen-bond acceptors (Lipinski definition) is 6. The van der Waals surface area contributed by atoms with Crippen LogP contribution in [0, 0.1) is 19.8 Å². The number of nitrogens with zero attached hydrogens (tertiary/aromatic N) is 5. The Kier molecular flexibility index (Phi) is 3.88. The van der Waals surface area contributed by atoms with Crippen molar-refractivity contribution in [1.82, 2.24) is 24.6 Å². The van der Waals surface area contributed by atoms with E-state index >= 15 is 0 Å². The Morgan fingerprint density at radius 3 is 2.76 bits per heavy atom. The number of thiophene rings is 1. The topological polar surface area (TPSA) is 68.0 Å². The fraction of sp³-hybridized carbons (Fsp3) is 0.333. The molecule has 0 aliphatic rings. The highest BCUT2D eigenvalue weighted by atomic mass is 32.1. The molecule has 4 aromatic heterocycles. The molecule has 128 valence electrons. The van der Waals surface area contributed by atoms with Crippen LogP contribution < -0.4 is 5.32 Å². The van der Waals surface area contributed by atoms with Crippen LogP contribution >= 0.6 is 11.3 Å². The molecule has 0 aliphatic heterocycles. The lowest BCUT2D eigenvalue weighted by Gasteiger charge is -2.22. The molecule has 0 aromatic carbocycles. The zero-order valence-electron chi connectivity index (χ0n) is 14.7. The fourth-order valence-electron chi connectivity index (χ4n) is 3.04. The Hall–Kier alpha value is -2.54. The summed E-state index contributed by atoms with van der Waals surface area (Å²) in [5, 5.41) is 15.6. The lowest BCUT2D eigenvalue weighted by Crippen LogP contribution is -2.21. The maximum Gasteiger partial charge on any atom is 0.160 e. The van der Waals surface area contributed by atoms with Gasteiger partial charge in [-0.1, -0.05) is 19.9 Å². The summed E-state index contributed by atoms with van der Waals surface area (Å²) in [5.41, 5.74) is 2.04. The summed E-state index contributed by atoms with van der Waals surface area (Å²) in [6, 6.07) is 5.92. The second-order valence-electron chi connectivity index (χ2n) is 6.57. The number of fused-ring (bicyclic) bond motifs is 2. The Morgan fingerprint density at radius 2 is 1.96 bits per heavy atom. The molecule has 25 heavy (non-hydrogen) atoms. The first-order chi connectivity index (χ1) is 12.0. The van der Waals surface area contributed by atoms with Crippen molar-refractivity contribution in [2.24, 2.45) is 5.92 Å². The van der Waals surface area contributed by atoms with E-state index in [2.05, 4.69) is 51.6 Å². The minimum Gasteiger partial charge on any atom is -0.359 e. The summed E-state index contributed by atoms with van der Waals surface area (Å²) < 4.78 is 2.03. The van der Waals surface area contributed by atoms with Crippen molar-refractivity contribution in [3.05, 3.63) is 47.0 Å². The summed E-state index contributed by atoms with van der Waals surface area (Å²) in [5.74, 6) is 2.85. The van der Waals surface area contributed by atoms with Gasteiger partial charge in [0, 0.05) is 6.20 Å². The molecule has 1 atom stereocenters. The zero-order chi connectivity index (χ0) is 17.6. The van der Waals surface area contributed by atoms with E-state index in [1.54, 1.807) is 11.3 Å². The van der Waals surface area contributed by atoms with Gasteiger partial charge in [0.25, 0.3) is 0 Å². The highest BCUT2D eigenvalue weighted by molar-refractivity contribution is 7.17. The zero-order valence-corrected chi connectivity index (χ0v) is 15.5. The van der Waals surface area contributed by atoms with Crippen LogP contribution in [0.15, 0.2) is 29.8 Å². The molecule has 7 heteroatoms. The van der Waals surface area contributed by atoms with Crippen molar-refractivity contribution >= 4 is 33.0 Å². The molecule has 0 spiro atoms. The van der Waals surface area contributed by atoms with E-state index in [-0.39, 0.29) is 6.04 Å². The monoisotopic (exact) mass is 352 g/mol. The third kappa shape index (κ3) is 2.74. The first-order valence-corrected chi connectivity index (χ1v) is 9.21. The fourth-order valence-corrected chi connectivity index (χ4v) is 4.01. The number of rotatable bonds is 4. The first-order valence-electron chi connectivity index (χ1n) is 8.33. The molecule has 4 heterocycles. The van der Waals surface area contributed by atoms with Gasteiger partial charge in [0.15, 0.2) is 11.5 Å². The van der Waals surface area contributed by atoms with Gasteiger partial charge in [-0.3, -0.25) is 4.40 Å². The molecule has 0 saturated heterocycles. The van der Waals surface area contributed by atoms with Crippen LogP contribution in [0.5, 0.6) is 0 Å². The van der Waals surface area contributed by atoms with Crippen LogP contribution in [0.25, 0.3) is 15.9 Å². The van der Waals surface area contributed by atoms with Crippen molar-refractivity contribution in [3.8, 4) is 0 Å². The molecule has 6 nitrogen and oxygen atoms in total. The maximum absolute atomic E-state index is 4.67. The van der Waals surface area contributed by atoms with E-state index in [1.165, 1.54) is 5.56 Å². The number of nitrogens with one attached hydrogen (secondary N) is 1. The molecule has 0 fully saturated rings. The molecule has 0 bridgehead atoms. The minimum absolute atomic E-state index is 0.00537. The van der Waals surface area contributed by atoms with Crippen molar-refractivity contribution < 1.29 is 0 Å². The third-order valence-electron chi connectivity index (χ3n) is 4.31. The van der Waals surface area contributed by atoms with Gasteiger partial charge in [-0.2, -0.15) is 0 Å². The average Bonchev–Trinajstić information content (AvgIpc) is 3.16. The van der Waals surface area contributed by atoms with Gasteiger partial charge in [0.1, 0.15) is 16.5 Å². The summed E-state index contributed by atoms with van der Waals surface area (Å²) in [7, 11) is 0. The molecule has 4 rings (SSSR count). The van der Waals surface area contributed by atoms with Gasteiger partial charge >= 0.3 is 0 Å². The minimum atomic E-state index is -0.00537. The Labute approximate surface area is 150 Å². The van der Waals surface area contributed by atoms with Crippen LogP contribution in [-0.4, -0.2) is 24.6 Å². The van der Waals surface area contributed by atoms with E-state index in [9.17, 15) is 0 Å². The second-order valence-corrected chi connectivity index (χ2v) is 7.43. The molecule has 0 amide bonds. The second kappa shape index (κ2) is 6.07. The predicted molar refractivity (Wildman–Crippen MR) is 101 cm³/mol. The van der Waals surface area contributed by atoms with E-state index in [4.69, 9.17) is 0 Å². The molecule has 4 aromatic rings. The number of hydrogen-bond donors (Lipinski definition) is 1. The predicted octanol–water partition coefficient (Wildman–Crippen LogP) is 4.16. The quantitative estimate of drug-likeness (QED) is 0.597. The molecular formula is C18H20N6S.